The topological polar surface area (TPSA) is 3.24 Å². The van der Waals surface area contributed by atoms with Gasteiger partial charge in [0.2, 0.25) is 0 Å². The lowest BCUT2D eigenvalue weighted by Gasteiger charge is -2.28. The molecule has 1 rings (SSSR count). The van der Waals surface area contributed by atoms with Crippen molar-refractivity contribution in [2.75, 3.05) is 6.54 Å². The van der Waals surface area contributed by atoms with Crippen molar-refractivity contribution >= 4 is 0 Å². The lowest BCUT2D eigenvalue weighted by Crippen LogP contribution is -2.28. The van der Waals surface area contributed by atoms with Crippen LogP contribution in [0.4, 0.5) is 0 Å². The van der Waals surface area contributed by atoms with E-state index in [2.05, 4.69) is 44.0 Å². The van der Waals surface area contributed by atoms with E-state index >= 15 is 0 Å². The molecule has 0 atom stereocenters. The number of hydrogen-bond acceptors (Lipinski definition) is 1. The van der Waals surface area contributed by atoms with Crippen molar-refractivity contribution in [2.24, 2.45) is 0 Å². The highest BCUT2D eigenvalue weighted by Gasteiger charge is 2.08. The fraction of sp³-hybridized carbons (Fsp3) is 0.636. The fourth-order valence-corrected chi connectivity index (χ4v) is 1.47. The Hall–Kier alpha value is -0.720. The molecule has 0 unspecified atom stereocenters. The van der Waals surface area contributed by atoms with Crippen LogP contribution >= 0.6 is 0 Å². The van der Waals surface area contributed by atoms with Crippen molar-refractivity contribution in [3.05, 3.63) is 23.9 Å². The van der Waals surface area contributed by atoms with Gasteiger partial charge < -0.3 is 4.90 Å². The maximum atomic E-state index is 2.38. The minimum absolute atomic E-state index is 0.627. The molecule has 1 aliphatic heterocycles. The molecule has 0 spiro atoms. The molecule has 1 aliphatic rings. The van der Waals surface area contributed by atoms with Crippen molar-refractivity contribution < 1.29 is 0 Å². The summed E-state index contributed by atoms with van der Waals surface area (Å²) in [4.78, 5) is 2.38. The average Bonchev–Trinajstić information content (AvgIpc) is 2.05. The van der Waals surface area contributed by atoms with Crippen LogP contribution in [0.25, 0.3) is 0 Å². The Morgan fingerprint density at radius 2 is 2.25 bits per heavy atom. The number of hydrogen-bond donors (Lipinski definition) is 0. The second kappa shape index (κ2) is 4.34. The second-order valence-corrected chi connectivity index (χ2v) is 3.68. The highest BCUT2D eigenvalue weighted by atomic mass is 15.1. The van der Waals surface area contributed by atoms with Gasteiger partial charge in [0.05, 0.1) is 0 Å². The minimum atomic E-state index is 0.627. The van der Waals surface area contributed by atoms with E-state index in [1.165, 1.54) is 12.8 Å². The zero-order valence-electron chi connectivity index (χ0n) is 8.38. The Morgan fingerprint density at radius 1 is 1.50 bits per heavy atom. The third-order valence-electron chi connectivity index (χ3n) is 2.23. The Labute approximate surface area is 75.8 Å². The summed E-state index contributed by atoms with van der Waals surface area (Å²) in [6, 6.07) is 0.627. The molecule has 1 nitrogen and oxygen atoms in total. The van der Waals surface area contributed by atoms with Gasteiger partial charge in [-0.05, 0) is 32.5 Å². The predicted octanol–water partition coefficient (Wildman–Crippen LogP) is 2.95. The van der Waals surface area contributed by atoms with Gasteiger partial charge in [-0.25, -0.2) is 0 Å². The van der Waals surface area contributed by atoms with Crippen LogP contribution in [0.15, 0.2) is 23.9 Å². The van der Waals surface area contributed by atoms with Gasteiger partial charge in [-0.2, -0.15) is 0 Å². The highest BCUT2D eigenvalue weighted by molar-refractivity contribution is 5.19. The van der Waals surface area contributed by atoms with Gasteiger partial charge in [-0.1, -0.05) is 25.0 Å². The van der Waals surface area contributed by atoms with Gasteiger partial charge in [0.15, 0.2) is 0 Å². The van der Waals surface area contributed by atoms with Crippen LogP contribution in [0.5, 0.6) is 0 Å². The summed E-state index contributed by atoms with van der Waals surface area (Å²) in [5.74, 6) is 0. The van der Waals surface area contributed by atoms with Gasteiger partial charge >= 0.3 is 0 Å². The second-order valence-electron chi connectivity index (χ2n) is 3.68. The molecule has 68 valence electrons. The molecular formula is C11H19N. The van der Waals surface area contributed by atoms with Gasteiger partial charge in [-0.15, -0.1) is 0 Å². The van der Waals surface area contributed by atoms with Gasteiger partial charge in [-0.3, -0.25) is 0 Å². The monoisotopic (exact) mass is 165 g/mol. The highest BCUT2D eigenvalue weighted by Crippen LogP contribution is 2.14. The average molecular weight is 165 g/mol. The molecule has 0 saturated heterocycles. The molecule has 0 aliphatic carbocycles. The van der Waals surface area contributed by atoms with E-state index in [9.17, 15) is 0 Å². The number of allylic oxidation sites excluding steroid dienone is 2. The molecule has 12 heavy (non-hydrogen) atoms. The lowest BCUT2D eigenvalue weighted by atomic mass is 10.1. The Bertz CT molecular complexity index is 189. The van der Waals surface area contributed by atoms with Crippen molar-refractivity contribution in [2.45, 2.75) is 39.7 Å². The van der Waals surface area contributed by atoms with Crippen LogP contribution in [-0.2, 0) is 0 Å². The maximum Gasteiger partial charge on any atom is 0.0389 e. The first-order chi connectivity index (χ1) is 5.74. The number of rotatable bonds is 3. The SMILES string of the molecule is CCCC1=CC=CN(C(C)C)C1. The molecule has 0 radical (unpaired) electrons. The first-order valence-electron chi connectivity index (χ1n) is 4.86. The Kier molecular flexibility index (Phi) is 3.39. The molecule has 1 heteroatoms. The Morgan fingerprint density at radius 3 is 2.83 bits per heavy atom. The molecule has 0 amide bonds. The molecule has 0 aromatic heterocycles. The zero-order chi connectivity index (χ0) is 8.97. The summed E-state index contributed by atoms with van der Waals surface area (Å²) < 4.78 is 0. The molecule has 0 aromatic carbocycles. The summed E-state index contributed by atoms with van der Waals surface area (Å²) in [5.41, 5.74) is 1.56. The quantitative estimate of drug-likeness (QED) is 0.621. The molecule has 0 saturated carbocycles. The van der Waals surface area contributed by atoms with Crippen molar-refractivity contribution in [3.63, 3.8) is 0 Å². The predicted molar refractivity (Wildman–Crippen MR) is 54.0 cm³/mol. The van der Waals surface area contributed by atoms with Crippen molar-refractivity contribution in [1.82, 2.24) is 4.90 Å². The molecule has 0 bridgehead atoms. The fourth-order valence-electron chi connectivity index (χ4n) is 1.47. The minimum Gasteiger partial charge on any atom is -0.371 e. The van der Waals surface area contributed by atoms with E-state index in [1.807, 2.05) is 0 Å². The zero-order valence-corrected chi connectivity index (χ0v) is 8.38. The third-order valence-corrected chi connectivity index (χ3v) is 2.23. The summed E-state index contributed by atoms with van der Waals surface area (Å²) in [7, 11) is 0. The Balaban J connectivity index is 2.49. The molecule has 0 fully saturated rings. The maximum absolute atomic E-state index is 2.38. The summed E-state index contributed by atoms with van der Waals surface area (Å²) in [5, 5.41) is 0. The first kappa shape index (κ1) is 9.37. The summed E-state index contributed by atoms with van der Waals surface area (Å²) >= 11 is 0. The molecule has 1 heterocycles. The van der Waals surface area contributed by atoms with Crippen LogP contribution in [0, 0.1) is 0 Å². The first-order valence-corrected chi connectivity index (χ1v) is 4.86. The van der Waals surface area contributed by atoms with Crippen LogP contribution < -0.4 is 0 Å². The van der Waals surface area contributed by atoms with E-state index in [1.54, 1.807) is 5.57 Å². The molecule has 0 N–H and O–H groups in total. The lowest BCUT2D eigenvalue weighted by molar-refractivity contribution is 0.328. The van der Waals surface area contributed by atoms with Crippen LogP contribution in [0.2, 0.25) is 0 Å². The normalized spacial score (nSPS) is 17.0. The van der Waals surface area contributed by atoms with E-state index < -0.39 is 0 Å². The van der Waals surface area contributed by atoms with E-state index in [-0.39, 0.29) is 0 Å². The van der Waals surface area contributed by atoms with Crippen LogP contribution in [0.1, 0.15) is 33.6 Å². The largest absolute Gasteiger partial charge is 0.371 e. The van der Waals surface area contributed by atoms with Crippen LogP contribution in [0.3, 0.4) is 0 Å². The van der Waals surface area contributed by atoms with Gasteiger partial charge in [0.25, 0.3) is 0 Å². The third kappa shape index (κ3) is 2.40. The summed E-state index contributed by atoms with van der Waals surface area (Å²) in [6.07, 6.45) is 9.10. The molecular weight excluding hydrogens is 146 g/mol. The van der Waals surface area contributed by atoms with E-state index in [4.69, 9.17) is 0 Å². The van der Waals surface area contributed by atoms with Crippen LogP contribution in [-0.4, -0.2) is 17.5 Å². The van der Waals surface area contributed by atoms with E-state index in [0.717, 1.165) is 6.54 Å². The summed E-state index contributed by atoms with van der Waals surface area (Å²) in [6.45, 7) is 7.83. The number of nitrogens with zero attached hydrogens (tertiary/aromatic N) is 1. The van der Waals surface area contributed by atoms with Gasteiger partial charge in [0, 0.05) is 12.6 Å². The standard InChI is InChI=1S/C11H19N/c1-4-6-11-7-5-8-12(9-11)10(2)3/h5,7-8,10H,4,6,9H2,1-3H3. The smallest absolute Gasteiger partial charge is 0.0389 e. The van der Waals surface area contributed by atoms with E-state index in [0.29, 0.717) is 6.04 Å². The van der Waals surface area contributed by atoms with Crippen molar-refractivity contribution in [1.29, 1.82) is 0 Å². The molecule has 0 aromatic rings. The van der Waals surface area contributed by atoms with Gasteiger partial charge in [0.1, 0.15) is 0 Å². The van der Waals surface area contributed by atoms with Crippen molar-refractivity contribution in [3.8, 4) is 0 Å².